The molecular weight excluding hydrogens is 256 g/mol. The molecule has 0 aliphatic carbocycles. The van der Waals surface area contributed by atoms with Gasteiger partial charge in [-0.05, 0) is 33.8 Å². The van der Waals surface area contributed by atoms with E-state index in [4.69, 9.17) is 5.11 Å². The molecule has 0 unspecified atom stereocenters. The molecule has 0 amide bonds. The first-order chi connectivity index (χ1) is 8.15. The number of carboxylic acids is 1. The highest BCUT2D eigenvalue weighted by atomic mass is 32.2. The number of hydrogen-bond acceptors (Lipinski definition) is 4. The number of nitrogens with zero attached hydrogens (tertiary/aromatic N) is 2. The van der Waals surface area contributed by atoms with Crippen LogP contribution in [0.25, 0.3) is 0 Å². The number of aromatic nitrogens is 2. The van der Waals surface area contributed by atoms with Gasteiger partial charge in [-0.3, -0.25) is 4.68 Å². The van der Waals surface area contributed by atoms with Crippen LogP contribution in [0.5, 0.6) is 0 Å². The third-order valence-electron chi connectivity index (χ3n) is 2.56. The second-order valence-corrected chi connectivity index (χ2v) is 7.28. The van der Waals surface area contributed by atoms with Gasteiger partial charge in [-0.25, -0.2) is 13.2 Å². The summed E-state index contributed by atoms with van der Waals surface area (Å²) in [7, 11) is -3.27. The van der Waals surface area contributed by atoms with Crippen LogP contribution in [0.1, 0.15) is 49.9 Å². The first-order valence-electron chi connectivity index (χ1n) is 5.68. The summed E-state index contributed by atoms with van der Waals surface area (Å²) < 4.78 is 24.9. The molecule has 0 aliphatic heterocycles. The normalized spacial score (nSPS) is 12.3. The van der Waals surface area contributed by atoms with Crippen LogP contribution in [0, 0.1) is 0 Å². The third-order valence-corrected chi connectivity index (χ3v) is 4.70. The van der Waals surface area contributed by atoms with Gasteiger partial charge in [0.25, 0.3) is 0 Å². The summed E-state index contributed by atoms with van der Waals surface area (Å²) in [5.74, 6) is -1.34. The summed E-state index contributed by atoms with van der Waals surface area (Å²) in [6.45, 7) is 6.76. The molecule has 0 aromatic carbocycles. The summed E-state index contributed by atoms with van der Waals surface area (Å²) >= 11 is 0. The average molecular weight is 274 g/mol. The number of aromatic carboxylic acids is 1. The van der Waals surface area contributed by atoms with Gasteiger partial charge in [-0.2, -0.15) is 5.10 Å². The molecule has 0 saturated carbocycles. The van der Waals surface area contributed by atoms with E-state index < -0.39 is 21.1 Å². The van der Waals surface area contributed by atoms with Crippen molar-refractivity contribution in [3.8, 4) is 0 Å². The van der Waals surface area contributed by atoms with Crippen molar-refractivity contribution in [1.29, 1.82) is 0 Å². The molecule has 6 nitrogen and oxygen atoms in total. The van der Waals surface area contributed by atoms with Crippen LogP contribution in [-0.2, 0) is 15.6 Å². The molecular formula is C11H18N2O4S. The average Bonchev–Trinajstić information content (AvgIpc) is 2.60. The van der Waals surface area contributed by atoms with E-state index >= 15 is 0 Å². The van der Waals surface area contributed by atoms with Gasteiger partial charge >= 0.3 is 5.97 Å². The van der Waals surface area contributed by atoms with Gasteiger partial charge in [-0.15, -0.1) is 0 Å². The lowest BCUT2D eigenvalue weighted by Crippen LogP contribution is -2.16. The monoisotopic (exact) mass is 274 g/mol. The predicted octanol–water partition coefficient (Wildman–Crippen LogP) is 1.49. The molecule has 102 valence electrons. The van der Waals surface area contributed by atoms with Gasteiger partial charge in [0.15, 0.2) is 9.84 Å². The standard InChI is InChI=1S/C11H18N2O4S/c1-7(2)13-10(11(14)15)5-9(12-13)6-18(16,17)8(3)4/h5,7-8H,6H2,1-4H3,(H,14,15). The number of carboxylic acid groups (broad SMARTS) is 1. The zero-order valence-corrected chi connectivity index (χ0v) is 11.7. The minimum absolute atomic E-state index is 0.0129. The van der Waals surface area contributed by atoms with Crippen molar-refractivity contribution in [2.45, 2.75) is 44.7 Å². The first-order valence-corrected chi connectivity index (χ1v) is 7.40. The molecule has 1 aromatic heterocycles. The van der Waals surface area contributed by atoms with Crippen LogP contribution in [0.3, 0.4) is 0 Å². The highest BCUT2D eigenvalue weighted by Crippen LogP contribution is 2.15. The minimum atomic E-state index is -3.27. The summed E-state index contributed by atoms with van der Waals surface area (Å²) in [5, 5.41) is 12.6. The molecule has 0 saturated heterocycles. The van der Waals surface area contributed by atoms with Crippen molar-refractivity contribution in [1.82, 2.24) is 9.78 Å². The zero-order chi connectivity index (χ0) is 14.1. The molecule has 0 fully saturated rings. The Bertz CT molecular complexity index is 543. The van der Waals surface area contributed by atoms with Crippen molar-refractivity contribution in [2.75, 3.05) is 0 Å². The molecule has 7 heteroatoms. The van der Waals surface area contributed by atoms with E-state index in [1.165, 1.54) is 10.7 Å². The van der Waals surface area contributed by atoms with Gasteiger partial charge < -0.3 is 5.11 Å². The van der Waals surface area contributed by atoms with Crippen molar-refractivity contribution < 1.29 is 18.3 Å². The number of carbonyl (C=O) groups is 1. The van der Waals surface area contributed by atoms with Crippen LogP contribution in [-0.4, -0.2) is 34.5 Å². The Labute approximate surface area is 107 Å². The Morgan fingerprint density at radius 3 is 2.28 bits per heavy atom. The Hall–Kier alpha value is -1.37. The lowest BCUT2D eigenvalue weighted by atomic mass is 10.3. The van der Waals surface area contributed by atoms with Crippen LogP contribution in [0.4, 0.5) is 0 Å². The molecule has 1 aromatic rings. The number of rotatable bonds is 5. The van der Waals surface area contributed by atoms with Crippen molar-refractivity contribution in [3.05, 3.63) is 17.5 Å². The van der Waals surface area contributed by atoms with Gasteiger partial charge in [0.1, 0.15) is 5.69 Å². The fourth-order valence-electron chi connectivity index (χ4n) is 1.44. The highest BCUT2D eigenvalue weighted by Gasteiger charge is 2.22. The maximum atomic E-state index is 11.8. The maximum absolute atomic E-state index is 11.8. The molecule has 18 heavy (non-hydrogen) atoms. The quantitative estimate of drug-likeness (QED) is 0.878. The van der Waals surface area contributed by atoms with E-state index in [2.05, 4.69) is 5.10 Å². The van der Waals surface area contributed by atoms with Crippen LogP contribution in [0.15, 0.2) is 6.07 Å². The lowest BCUT2D eigenvalue weighted by Gasteiger charge is -2.07. The van der Waals surface area contributed by atoms with Crippen molar-refractivity contribution >= 4 is 15.8 Å². The number of sulfone groups is 1. The Kier molecular flexibility index (Phi) is 4.16. The van der Waals surface area contributed by atoms with Crippen molar-refractivity contribution in [3.63, 3.8) is 0 Å². The lowest BCUT2D eigenvalue weighted by molar-refractivity contribution is 0.0681. The number of hydrogen-bond donors (Lipinski definition) is 1. The third kappa shape index (κ3) is 3.10. The van der Waals surface area contributed by atoms with Crippen molar-refractivity contribution in [2.24, 2.45) is 0 Å². The summed E-state index contributed by atoms with van der Waals surface area (Å²) in [6.07, 6.45) is 0. The summed E-state index contributed by atoms with van der Waals surface area (Å²) in [6, 6.07) is 1.19. The Morgan fingerprint density at radius 1 is 1.39 bits per heavy atom. The first kappa shape index (κ1) is 14.7. The predicted molar refractivity (Wildman–Crippen MR) is 67.3 cm³/mol. The summed E-state index contributed by atoms with van der Waals surface area (Å²) in [5.41, 5.74) is 0.286. The van der Waals surface area contributed by atoms with Gasteiger partial charge in [0.2, 0.25) is 0 Å². The van der Waals surface area contributed by atoms with Gasteiger partial charge in [0, 0.05) is 6.04 Å². The molecule has 1 heterocycles. The molecule has 0 bridgehead atoms. The van der Waals surface area contributed by atoms with Gasteiger partial charge in [0.05, 0.1) is 16.7 Å². The fraction of sp³-hybridized carbons (Fsp3) is 0.636. The fourth-order valence-corrected chi connectivity index (χ4v) is 2.33. The maximum Gasteiger partial charge on any atom is 0.354 e. The molecule has 1 rings (SSSR count). The van der Waals surface area contributed by atoms with Gasteiger partial charge in [-0.1, -0.05) is 0 Å². The Morgan fingerprint density at radius 2 is 1.94 bits per heavy atom. The Balaban J connectivity index is 3.14. The van der Waals surface area contributed by atoms with E-state index in [-0.39, 0.29) is 23.2 Å². The van der Waals surface area contributed by atoms with Crippen LogP contribution >= 0.6 is 0 Å². The molecule has 0 spiro atoms. The van der Waals surface area contributed by atoms with E-state index in [1.807, 2.05) is 0 Å². The molecule has 0 radical (unpaired) electrons. The zero-order valence-electron chi connectivity index (χ0n) is 10.9. The SMILES string of the molecule is CC(C)n1nc(CS(=O)(=O)C(C)C)cc1C(=O)O. The van der Waals surface area contributed by atoms with E-state index in [1.54, 1.807) is 27.7 Å². The second-order valence-electron chi connectivity index (χ2n) is 4.72. The second kappa shape index (κ2) is 5.09. The molecule has 0 atom stereocenters. The highest BCUT2D eigenvalue weighted by molar-refractivity contribution is 7.91. The van der Waals surface area contributed by atoms with E-state index in [0.29, 0.717) is 0 Å². The molecule has 1 N–H and O–H groups in total. The smallest absolute Gasteiger partial charge is 0.354 e. The minimum Gasteiger partial charge on any atom is -0.477 e. The largest absolute Gasteiger partial charge is 0.477 e. The van der Waals surface area contributed by atoms with Crippen LogP contribution in [0.2, 0.25) is 0 Å². The summed E-state index contributed by atoms with van der Waals surface area (Å²) in [4.78, 5) is 11.0. The van der Waals surface area contributed by atoms with E-state index in [9.17, 15) is 13.2 Å². The van der Waals surface area contributed by atoms with E-state index in [0.717, 1.165) is 0 Å². The molecule has 0 aliphatic rings. The van der Waals surface area contributed by atoms with Crippen LogP contribution < -0.4 is 0 Å². The topological polar surface area (TPSA) is 89.3 Å².